The van der Waals surface area contributed by atoms with Crippen LogP contribution in [0.1, 0.15) is 16.7 Å². The largest absolute Gasteiger partial charge is 0.489 e. The summed E-state index contributed by atoms with van der Waals surface area (Å²) in [5.41, 5.74) is 8.01. The molecule has 0 aliphatic carbocycles. The molecule has 0 spiro atoms. The Morgan fingerprint density at radius 3 is 2.71 bits per heavy atom. The van der Waals surface area contributed by atoms with E-state index in [0.717, 1.165) is 16.7 Å². The van der Waals surface area contributed by atoms with Crippen LogP contribution in [0.3, 0.4) is 0 Å². The van der Waals surface area contributed by atoms with Gasteiger partial charge in [0.25, 0.3) is 0 Å². The van der Waals surface area contributed by atoms with E-state index in [-0.39, 0.29) is 11.6 Å². The highest BCUT2D eigenvalue weighted by Gasteiger charge is 2.03. The first-order valence-electron chi connectivity index (χ1n) is 6.46. The van der Waals surface area contributed by atoms with E-state index < -0.39 is 5.82 Å². The van der Waals surface area contributed by atoms with E-state index in [9.17, 15) is 4.39 Å². The lowest BCUT2D eigenvalue weighted by Gasteiger charge is -2.08. The zero-order chi connectivity index (χ0) is 15.2. The van der Waals surface area contributed by atoms with Crippen molar-refractivity contribution in [3.63, 3.8) is 0 Å². The molecule has 0 bridgehead atoms. The van der Waals surface area contributed by atoms with Gasteiger partial charge in [-0.3, -0.25) is 0 Å². The van der Waals surface area contributed by atoms with Crippen molar-refractivity contribution >= 4 is 11.6 Å². The third-order valence-electron chi connectivity index (χ3n) is 2.91. The number of hydrogen-bond donors (Lipinski definition) is 1. The molecule has 0 radical (unpaired) electrons. The number of ether oxygens (including phenoxy) is 1. The van der Waals surface area contributed by atoms with Crippen LogP contribution in [0.2, 0.25) is 5.02 Å². The van der Waals surface area contributed by atoms with E-state index in [2.05, 4.69) is 11.8 Å². The predicted molar refractivity (Wildman–Crippen MR) is 82.9 cm³/mol. The van der Waals surface area contributed by atoms with Crippen LogP contribution in [0.15, 0.2) is 36.4 Å². The predicted octanol–water partition coefficient (Wildman–Crippen LogP) is 3.68. The van der Waals surface area contributed by atoms with Crippen LogP contribution in [0.4, 0.5) is 4.39 Å². The monoisotopic (exact) mass is 303 g/mol. The van der Waals surface area contributed by atoms with Crippen LogP contribution in [-0.2, 0) is 6.61 Å². The second kappa shape index (κ2) is 7.12. The van der Waals surface area contributed by atoms with Gasteiger partial charge in [-0.15, -0.1) is 0 Å². The number of benzene rings is 2. The van der Waals surface area contributed by atoms with Crippen molar-refractivity contribution in [2.45, 2.75) is 13.5 Å². The number of rotatable bonds is 3. The molecule has 2 aromatic carbocycles. The van der Waals surface area contributed by atoms with Crippen molar-refractivity contribution < 1.29 is 9.13 Å². The molecule has 0 aliphatic rings. The lowest BCUT2D eigenvalue weighted by atomic mass is 10.1. The molecular weight excluding hydrogens is 289 g/mol. The van der Waals surface area contributed by atoms with Crippen molar-refractivity contribution in [2.75, 3.05) is 6.54 Å². The van der Waals surface area contributed by atoms with Gasteiger partial charge in [0, 0.05) is 5.56 Å². The zero-order valence-electron chi connectivity index (χ0n) is 11.6. The molecular formula is C17H15ClFNO. The summed E-state index contributed by atoms with van der Waals surface area (Å²) in [6.45, 7) is 2.57. The van der Waals surface area contributed by atoms with Crippen molar-refractivity contribution in [1.82, 2.24) is 0 Å². The maximum absolute atomic E-state index is 13.3. The summed E-state index contributed by atoms with van der Waals surface area (Å²) in [5.74, 6) is 6.08. The summed E-state index contributed by atoms with van der Waals surface area (Å²) < 4.78 is 19.0. The minimum absolute atomic E-state index is 0.109. The average molecular weight is 304 g/mol. The molecule has 2 aromatic rings. The molecule has 0 atom stereocenters. The molecule has 0 saturated heterocycles. The first-order chi connectivity index (χ1) is 10.1. The van der Waals surface area contributed by atoms with E-state index in [1.807, 2.05) is 25.1 Å². The first-order valence-corrected chi connectivity index (χ1v) is 6.84. The third-order valence-corrected chi connectivity index (χ3v) is 3.22. The number of aryl methyl sites for hydroxylation is 1. The van der Waals surface area contributed by atoms with Gasteiger partial charge in [-0.25, -0.2) is 4.39 Å². The Balaban J connectivity index is 2.06. The van der Waals surface area contributed by atoms with Gasteiger partial charge in [0.15, 0.2) is 0 Å². The summed E-state index contributed by atoms with van der Waals surface area (Å²) in [7, 11) is 0. The number of halogens is 2. The lowest BCUT2D eigenvalue weighted by molar-refractivity contribution is 0.305. The van der Waals surface area contributed by atoms with E-state index in [4.69, 9.17) is 22.1 Å². The second-order valence-corrected chi connectivity index (χ2v) is 4.93. The van der Waals surface area contributed by atoms with Gasteiger partial charge < -0.3 is 10.5 Å². The quantitative estimate of drug-likeness (QED) is 0.878. The maximum Gasteiger partial charge on any atom is 0.142 e. The first kappa shape index (κ1) is 15.4. The van der Waals surface area contributed by atoms with E-state index in [1.165, 1.54) is 12.1 Å². The van der Waals surface area contributed by atoms with Gasteiger partial charge in [-0.2, -0.15) is 0 Å². The van der Waals surface area contributed by atoms with Gasteiger partial charge in [0.05, 0.1) is 11.6 Å². The molecule has 4 heteroatoms. The van der Waals surface area contributed by atoms with Crippen molar-refractivity contribution in [1.29, 1.82) is 0 Å². The lowest BCUT2D eigenvalue weighted by Crippen LogP contribution is -1.97. The molecule has 2 N–H and O–H groups in total. The molecule has 0 aromatic heterocycles. The summed E-state index contributed by atoms with van der Waals surface area (Å²) in [6.07, 6.45) is 0. The Kier molecular flexibility index (Phi) is 5.21. The van der Waals surface area contributed by atoms with Gasteiger partial charge in [0.2, 0.25) is 0 Å². The molecule has 2 nitrogen and oxygen atoms in total. The summed E-state index contributed by atoms with van der Waals surface area (Å²) >= 11 is 5.64. The van der Waals surface area contributed by atoms with Crippen LogP contribution >= 0.6 is 11.6 Å². The highest BCUT2D eigenvalue weighted by molar-refractivity contribution is 6.30. The fourth-order valence-electron chi connectivity index (χ4n) is 1.81. The molecule has 0 amide bonds. The van der Waals surface area contributed by atoms with E-state index in [1.54, 1.807) is 6.07 Å². The minimum Gasteiger partial charge on any atom is -0.489 e. The van der Waals surface area contributed by atoms with E-state index in [0.29, 0.717) is 12.3 Å². The van der Waals surface area contributed by atoms with Crippen LogP contribution in [0.5, 0.6) is 5.75 Å². The van der Waals surface area contributed by atoms with Gasteiger partial charge >= 0.3 is 0 Å². The molecule has 108 valence electrons. The Hall–Kier alpha value is -2.02. The SMILES string of the molecule is Cc1cc(OCc2ccc(Cl)c(F)c2)ccc1C#CCN. The topological polar surface area (TPSA) is 35.2 Å². The Morgan fingerprint density at radius 2 is 2.05 bits per heavy atom. The van der Waals surface area contributed by atoms with Crippen LogP contribution in [0, 0.1) is 24.6 Å². The Labute approximate surface area is 128 Å². The molecule has 0 unspecified atom stereocenters. The van der Waals surface area contributed by atoms with Crippen LogP contribution < -0.4 is 10.5 Å². The molecule has 21 heavy (non-hydrogen) atoms. The van der Waals surface area contributed by atoms with E-state index >= 15 is 0 Å². The smallest absolute Gasteiger partial charge is 0.142 e. The zero-order valence-corrected chi connectivity index (χ0v) is 12.4. The Morgan fingerprint density at radius 1 is 1.24 bits per heavy atom. The van der Waals surface area contributed by atoms with Crippen LogP contribution in [-0.4, -0.2) is 6.54 Å². The second-order valence-electron chi connectivity index (χ2n) is 4.52. The van der Waals surface area contributed by atoms with Gasteiger partial charge in [0.1, 0.15) is 18.2 Å². The standard InChI is InChI=1S/C17H15ClFNO/c1-12-9-15(6-5-14(12)3-2-8-20)21-11-13-4-7-16(18)17(19)10-13/h4-7,9-10H,8,11,20H2,1H3. The maximum atomic E-state index is 13.3. The number of nitrogens with two attached hydrogens (primary N) is 1. The highest BCUT2D eigenvalue weighted by atomic mass is 35.5. The normalized spacial score (nSPS) is 9.90. The fourth-order valence-corrected chi connectivity index (χ4v) is 1.93. The van der Waals surface area contributed by atoms with Crippen molar-refractivity contribution in [3.05, 3.63) is 63.9 Å². The average Bonchev–Trinajstić information content (AvgIpc) is 2.47. The van der Waals surface area contributed by atoms with Crippen molar-refractivity contribution in [2.24, 2.45) is 5.73 Å². The van der Waals surface area contributed by atoms with Crippen LogP contribution in [0.25, 0.3) is 0 Å². The molecule has 0 fully saturated rings. The summed E-state index contributed by atoms with van der Waals surface area (Å²) in [5, 5.41) is 0.109. The minimum atomic E-state index is -0.443. The number of hydrogen-bond acceptors (Lipinski definition) is 2. The fraction of sp³-hybridized carbons (Fsp3) is 0.176. The Bertz CT molecular complexity index is 704. The molecule has 0 aliphatic heterocycles. The molecule has 0 heterocycles. The van der Waals surface area contributed by atoms with Gasteiger partial charge in [-0.05, 0) is 48.4 Å². The summed E-state index contributed by atoms with van der Waals surface area (Å²) in [6, 6.07) is 10.2. The van der Waals surface area contributed by atoms with Gasteiger partial charge in [-0.1, -0.05) is 29.5 Å². The summed E-state index contributed by atoms with van der Waals surface area (Å²) in [4.78, 5) is 0. The highest BCUT2D eigenvalue weighted by Crippen LogP contribution is 2.20. The molecule has 0 saturated carbocycles. The third kappa shape index (κ3) is 4.22. The van der Waals surface area contributed by atoms with Crippen molar-refractivity contribution in [3.8, 4) is 17.6 Å². The molecule has 2 rings (SSSR count).